The van der Waals surface area contributed by atoms with Crippen molar-refractivity contribution in [2.45, 2.75) is 47.0 Å². The van der Waals surface area contributed by atoms with Gasteiger partial charge in [0, 0.05) is 26.3 Å². The molecule has 1 aliphatic rings. The molecule has 0 unspecified atom stereocenters. The van der Waals surface area contributed by atoms with Crippen molar-refractivity contribution in [1.29, 1.82) is 0 Å². The first-order valence-electron chi connectivity index (χ1n) is 7.83. The van der Waals surface area contributed by atoms with Crippen molar-refractivity contribution < 1.29 is 4.39 Å². The highest BCUT2D eigenvalue weighted by atomic mass is 31.2. The number of rotatable bonds is 0. The molecule has 0 spiro atoms. The SMILES string of the molecule is CC.CC.C[P+]1(C)CCCCC1.Nc1ccc(F)cc1. The summed E-state index contributed by atoms with van der Waals surface area (Å²) in [5.41, 5.74) is 5.85. The predicted octanol–water partition coefficient (Wildman–Crippen LogP) is 5.91. The van der Waals surface area contributed by atoms with Crippen LogP contribution in [-0.4, -0.2) is 25.7 Å². The van der Waals surface area contributed by atoms with Crippen LogP contribution in [0.5, 0.6) is 0 Å². The van der Waals surface area contributed by atoms with Gasteiger partial charge in [-0.3, -0.25) is 0 Å². The molecule has 0 bridgehead atoms. The fourth-order valence-electron chi connectivity index (χ4n) is 1.83. The van der Waals surface area contributed by atoms with E-state index >= 15 is 0 Å². The van der Waals surface area contributed by atoms with Crippen molar-refractivity contribution in [2.24, 2.45) is 0 Å². The molecule has 2 rings (SSSR count). The molecule has 0 radical (unpaired) electrons. The van der Waals surface area contributed by atoms with Crippen LogP contribution >= 0.6 is 7.26 Å². The van der Waals surface area contributed by atoms with Crippen molar-refractivity contribution in [2.75, 3.05) is 31.4 Å². The Kier molecular flexibility index (Phi) is 14.5. The number of benzene rings is 1. The first-order chi connectivity index (χ1) is 9.49. The quantitative estimate of drug-likeness (QED) is 0.468. The van der Waals surface area contributed by atoms with E-state index in [2.05, 4.69) is 13.3 Å². The summed E-state index contributed by atoms with van der Waals surface area (Å²) in [7, 11) is -0.337. The summed E-state index contributed by atoms with van der Waals surface area (Å²) in [5, 5.41) is 0. The van der Waals surface area contributed by atoms with Gasteiger partial charge in [0.1, 0.15) is 5.82 Å². The summed E-state index contributed by atoms with van der Waals surface area (Å²) >= 11 is 0. The van der Waals surface area contributed by atoms with E-state index in [1.807, 2.05) is 27.7 Å². The summed E-state index contributed by atoms with van der Waals surface area (Å²) in [6, 6.07) is 5.70. The molecule has 0 aliphatic carbocycles. The topological polar surface area (TPSA) is 26.0 Å². The van der Waals surface area contributed by atoms with Crippen molar-refractivity contribution in [1.82, 2.24) is 0 Å². The third-order valence-corrected chi connectivity index (χ3v) is 5.95. The summed E-state index contributed by atoms with van der Waals surface area (Å²) in [6.07, 6.45) is 7.66. The molecular weight excluding hydrogens is 268 g/mol. The number of hydrogen-bond donors (Lipinski definition) is 1. The molecule has 3 heteroatoms. The average Bonchev–Trinajstić information content (AvgIpc) is 2.47. The molecule has 0 aromatic heterocycles. The van der Waals surface area contributed by atoms with Crippen LogP contribution in [0.2, 0.25) is 0 Å². The van der Waals surface area contributed by atoms with Gasteiger partial charge in [-0.15, -0.1) is 0 Å². The molecule has 1 aliphatic heterocycles. The molecule has 1 saturated heterocycles. The van der Waals surface area contributed by atoms with Gasteiger partial charge in [0.2, 0.25) is 0 Å². The summed E-state index contributed by atoms with van der Waals surface area (Å²) < 4.78 is 12.0. The Hall–Kier alpha value is -0.620. The Morgan fingerprint density at radius 2 is 1.25 bits per heavy atom. The molecule has 1 fully saturated rings. The highest BCUT2D eigenvalue weighted by molar-refractivity contribution is 7.74. The van der Waals surface area contributed by atoms with Crippen molar-refractivity contribution in [3.05, 3.63) is 30.1 Å². The Morgan fingerprint density at radius 3 is 1.50 bits per heavy atom. The van der Waals surface area contributed by atoms with Gasteiger partial charge >= 0.3 is 0 Å². The smallest absolute Gasteiger partial charge is 0.123 e. The third-order valence-electron chi connectivity index (χ3n) is 2.90. The van der Waals surface area contributed by atoms with Crippen LogP contribution in [0.25, 0.3) is 0 Å². The lowest BCUT2D eigenvalue weighted by Gasteiger charge is -2.21. The molecule has 2 N–H and O–H groups in total. The molecule has 1 nitrogen and oxygen atoms in total. The minimum Gasteiger partial charge on any atom is -0.399 e. The molecule has 118 valence electrons. The highest BCUT2D eigenvalue weighted by Gasteiger charge is 2.26. The van der Waals surface area contributed by atoms with Crippen LogP contribution in [0, 0.1) is 5.82 Å². The van der Waals surface area contributed by atoms with Crippen molar-refractivity contribution in [3.63, 3.8) is 0 Å². The van der Waals surface area contributed by atoms with E-state index in [9.17, 15) is 4.39 Å². The normalized spacial score (nSPS) is 15.3. The van der Waals surface area contributed by atoms with E-state index in [0.717, 1.165) is 0 Å². The molecule has 1 aromatic rings. The minimum absolute atomic E-state index is 0.251. The van der Waals surface area contributed by atoms with Crippen molar-refractivity contribution >= 4 is 12.9 Å². The lowest BCUT2D eigenvalue weighted by molar-refractivity contribution is 0.628. The number of nitrogens with two attached hydrogens (primary N) is 1. The maximum absolute atomic E-state index is 12.0. The first-order valence-corrected chi connectivity index (χ1v) is 10.9. The Labute approximate surface area is 126 Å². The minimum atomic E-state index is -0.337. The molecule has 1 heterocycles. The van der Waals surface area contributed by atoms with Crippen molar-refractivity contribution in [3.8, 4) is 0 Å². The Balaban J connectivity index is 0. The standard InChI is InChI=1S/C7H16P.C6H6FN.2C2H6/c1-8(2)6-4-3-5-7-8;7-5-1-3-6(8)4-2-5;2*1-2/h3-7H2,1-2H3;1-4H,8H2;2*1-2H3/q+1;;;. The average molecular weight is 302 g/mol. The van der Waals surface area contributed by atoms with E-state index in [4.69, 9.17) is 5.73 Å². The van der Waals surface area contributed by atoms with Crippen LogP contribution in [0.15, 0.2) is 24.3 Å². The van der Waals surface area contributed by atoms with Gasteiger partial charge in [-0.1, -0.05) is 27.7 Å². The highest BCUT2D eigenvalue weighted by Crippen LogP contribution is 2.54. The summed E-state index contributed by atoms with van der Waals surface area (Å²) in [6.45, 7) is 13.0. The molecule has 20 heavy (non-hydrogen) atoms. The fraction of sp³-hybridized carbons (Fsp3) is 0.647. The number of anilines is 1. The number of halogens is 1. The lowest BCUT2D eigenvalue weighted by Crippen LogP contribution is -2.06. The Bertz CT molecular complexity index is 280. The Morgan fingerprint density at radius 1 is 0.850 bits per heavy atom. The van der Waals surface area contributed by atoms with Crippen LogP contribution in [0.1, 0.15) is 47.0 Å². The van der Waals surface area contributed by atoms with Crippen LogP contribution in [0.3, 0.4) is 0 Å². The molecule has 0 amide bonds. The van der Waals surface area contributed by atoms with E-state index in [1.165, 1.54) is 43.5 Å². The maximum atomic E-state index is 12.0. The molecule has 1 aromatic carbocycles. The maximum Gasteiger partial charge on any atom is 0.123 e. The van der Waals surface area contributed by atoms with Gasteiger partial charge in [-0.2, -0.15) is 0 Å². The largest absolute Gasteiger partial charge is 0.399 e. The lowest BCUT2D eigenvalue weighted by atomic mass is 10.3. The van der Waals surface area contributed by atoms with Gasteiger partial charge in [-0.05, 0) is 43.5 Å². The second-order valence-electron chi connectivity index (χ2n) is 5.00. The van der Waals surface area contributed by atoms with E-state index in [0.29, 0.717) is 5.69 Å². The van der Waals surface area contributed by atoms with Gasteiger partial charge < -0.3 is 5.73 Å². The molecule has 0 saturated carbocycles. The second-order valence-corrected chi connectivity index (χ2v) is 9.76. The van der Waals surface area contributed by atoms with Gasteiger partial charge in [0.05, 0.1) is 12.3 Å². The van der Waals surface area contributed by atoms with Gasteiger partial charge in [0.15, 0.2) is 0 Å². The van der Waals surface area contributed by atoms with E-state index < -0.39 is 0 Å². The van der Waals surface area contributed by atoms with Crippen LogP contribution in [0.4, 0.5) is 10.1 Å². The zero-order valence-electron chi connectivity index (χ0n) is 14.2. The zero-order valence-corrected chi connectivity index (χ0v) is 15.1. The van der Waals surface area contributed by atoms with Gasteiger partial charge in [0.25, 0.3) is 0 Å². The van der Waals surface area contributed by atoms with E-state index in [-0.39, 0.29) is 13.1 Å². The monoisotopic (exact) mass is 302 g/mol. The number of hydrogen-bond acceptors (Lipinski definition) is 1. The zero-order chi connectivity index (χ0) is 16.0. The van der Waals surface area contributed by atoms with Crippen LogP contribution in [-0.2, 0) is 0 Å². The summed E-state index contributed by atoms with van der Waals surface area (Å²) in [5.74, 6) is -0.251. The second kappa shape index (κ2) is 13.4. The van der Waals surface area contributed by atoms with Gasteiger partial charge in [-0.25, -0.2) is 4.39 Å². The first kappa shape index (κ1) is 21.7. The number of nitrogen functional groups attached to an aromatic ring is 1. The predicted molar refractivity (Wildman–Crippen MR) is 95.9 cm³/mol. The molecular formula is C17H34FNP+. The van der Waals surface area contributed by atoms with Crippen LogP contribution < -0.4 is 5.73 Å². The summed E-state index contributed by atoms with van der Waals surface area (Å²) in [4.78, 5) is 0. The van der Waals surface area contributed by atoms with E-state index in [1.54, 1.807) is 12.3 Å². The third kappa shape index (κ3) is 12.4. The fourth-order valence-corrected chi connectivity index (χ4v) is 4.21. The molecule has 0 atom stereocenters.